The molecule has 5 heteroatoms. The predicted molar refractivity (Wildman–Crippen MR) is 83.1 cm³/mol. The van der Waals surface area contributed by atoms with E-state index in [0.717, 1.165) is 25.7 Å². The Labute approximate surface area is 129 Å². The first-order chi connectivity index (χ1) is 10.0. The van der Waals surface area contributed by atoms with E-state index >= 15 is 0 Å². The normalized spacial score (nSPS) is 21.9. The second-order valence-electron chi connectivity index (χ2n) is 6.25. The van der Waals surface area contributed by atoms with E-state index in [-0.39, 0.29) is 17.2 Å². The van der Waals surface area contributed by atoms with Gasteiger partial charge in [0.05, 0.1) is 10.7 Å². The van der Waals surface area contributed by atoms with Crippen LogP contribution in [-0.2, 0) is 9.59 Å². The maximum atomic E-state index is 12.5. The minimum Gasteiger partial charge on any atom is -0.399 e. The van der Waals surface area contributed by atoms with Crippen LogP contribution < -0.4 is 10.6 Å². The molecule has 21 heavy (non-hydrogen) atoms. The zero-order valence-electron chi connectivity index (χ0n) is 11.9. The van der Waals surface area contributed by atoms with E-state index in [1.807, 2.05) is 0 Å². The molecule has 2 N–H and O–H groups in total. The van der Waals surface area contributed by atoms with Crippen molar-refractivity contribution in [3.8, 4) is 0 Å². The third kappa shape index (κ3) is 2.64. The molecule has 0 bridgehead atoms. The third-order valence-electron chi connectivity index (χ3n) is 4.68. The van der Waals surface area contributed by atoms with Crippen molar-refractivity contribution in [2.45, 2.75) is 44.9 Å². The zero-order valence-corrected chi connectivity index (χ0v) is 12.7. The summed E-state index contributed by atoms with van der Waals surface area (Å²) in [6.07, 6.45) is 6.28. The molecule has 1 aliphatic carbocycles. The molecule has 1 aromatic carbocycles. The Bertz CT molecular complexity index is 574. The summed E-state index contributed by atoms with van der Waals surface area (Å²) >= 11 is 6.14. The van der Waals surface area contributed by atoms with Crippen LogP contribution >= 0.6 is 11.6 Å². The van der Waals surface area contributed by atoms with Crippen LogP contribution in [0, 0.1) is 5.41 Å². The number of benzene rings is 1. The summed E-state index contributed by atoms with van der Waals surface area (Å²) < 4.78 is 0. The largest absolute Gasteiger partial charge is 0.399 e. The zero-order chi connectivity index (χ0) is 15.0. The Kier molecular flexibility index (Phi) is 3.66. The smallest absolute Gasteiger partial charge is 0.234 e. The van der Waals surface area contributed by atoms with Gasteiger partial charge in [0.15, 0.2) is 0 Å². The summed E-state index contributed by atoms with van der Waals surface area (Å²) in [5, 5.41) is 0.344. The average molecular weight is 307 g/mol. The number of nitrogens with zero attached hydrogens (tertiary/aromatic N) is 1. The quantitative estimate of drug-likeness (QED) is 0.637. The highest BCUT2D eigenvalue weighted by Crippen LogP contribution is 2.46. The SMILES string of the molecule is Nc1ccc(N2C(=O)CC3(CCCCC3)CC2=O)c(Cl)c1. The lowest BCUT2D eigenvalue weighted by atomic mass is 9.67. The molecule has 0 aromatic heterocycles. The summed E-state index contributed by atoms with van der Waals surface area (Å²) in [5.74, 6) is -0.278. The van der Waals surface area contributed by atoms with Crippen molar-refractivity contribution < 1.29 is 9.59 Å². The second-order valence-corrected chi connectivity index (χ2v) is 6.66. The van der Waals surface area contributed by atoms with Crippen LogP contribution in [0.4, 0.5) is 11.4 Å². The Balaban J connectivity index is 1.88. The van der Waals surface area contributed by atoms with E-state index in [1.165, 1.54) is 11.3 Å². The molecule has 4 nitrogen and oxygen atoms in total. The van der Waals surface area contributed by atoms with Gasteiger partial charge in [0.1, 0.15) is 0 Å². The van der Waals surface area contributed by atoms with E-state index in [4.69, 9.17) is 17.3 Å². The lowest BCUT2D eigenvalue weighted by Gasteiger charge is -2.42. The number of nitrogen functional groups attached to an aromatic ring is 1. The van der Waals surface area contributed by atoms with E-state index in [9.17, 15) is 9.59 Å². The molecule has 3 rings (SSSR count). The van der Waals surface area contributed by atoms with Crippen LogP contribution in [0.15, 0.2) is 18.2 Å². The van der Waals surface area contributed by atoms with Gasteiger partial charge < -0.3 is 5.73 Å². The summed E-state index contributed by atoms with van der Waals surface area (Å²) in [4.78, 5) is 26.3. The van der Waals surface area contributed by atoms with Crippen LogP contribution in [-0.4, -0.2) is 11.8 Å². The monoisotopic (exact) mass is 306 g/mol. The van der Waals surface area contributed by atoms with Gasteiger partial charge in [-0.1, -0.05) is 30.9 Å². The fourth-order valence-electron chi connectivity index (χ4n) is 3.63. The van der Waals surface area contributed by atoms with Gasteiger partial charge in [0.2, 0.25) is 11.8 Å². The molecule has 1 aliphatic heterocycles. The molecule has 2 amide bonds. The second kappa shape index (κ2) is 5.34. The summed E-state index contributed by atoms with van der Waals surface area (Å²) in [5.41, 5.74) is 6.53. The molecule has 1 saturated heterocycles. The number of amides is 2. The van der Waals surface area contributed by atoms with Crippen LogP contribution in [0.25, 0.3) is 0 Å². The number of imide groups is 1. The maximum Gasteiger partial charge on any atom is 0.234 e. The fourth-order valence-corrected chi connectivity index (χ4v) is 3.90. The number of carbonyl (C=O) groups is 2. The predicted octanol–water partition coefficient (Wildman–Crippen LogP) is 3.53. The van der Waals surface area contributed by atoms with Crippen molar-refractivity contribution >= 4 is 34.8 Å². The van der Waals surface area contributed by atoms with E-state index in [2.05, 4.69) is 0 Å². The summed E-state index contributed by atoms with van der Waals surface area (Å²) in [7, 11) is 0. The number of nitrogens with two attached hydrogens (primary N) is 1. The van der Waals surface area contributed by atoms with Crippen LogP contribution in [0.2, 0.25) is 5.02 Å². The molecule has 112 valence electrons. The molecule has 0 radical (unpaired) electrons. The number of anilines is 2. The molecular weight excluding hydrogens is 288 g/mol. The van der Waals surface area contributed by atoms with Crippen molar-refractivity contribution in [1.82, 2.24) is 0 Å². The Morgan fingerprint density at radius 3 is 2.24 bits per heavy atom. The van der Waals surface area contributed by atoms with Crippen molar-refractivity contribution in [1.29, 1.82) is 0 Å². The molecule has 1 heterocycles. The van der Waals surface area contributed by atoms with Gasteiger partial charge in [0, 0.05) is 18.5 Å². The third-order valence-corrected chi connectivity index (χ3v) is 4.98. The van der Waals surface area contributed by atoms with Gasteiger partial charge >= 0.3 is 0 Å². The topological polar surface area (TPSA) is 63.4 Å². The standard InChI is InChI=1S/C16H19ClN2O2/c17-12-8-11(18)4-5-13(12)19-14(20)9-16(10-15(19)21)6-2-1-3-7-16/h4-5,8H,1-3,6-7,9-10,18H2. The highest BCUT2D eigenvalue weighted by molar-refractivity contribution is 6.35. The Hall–Kier alpha value is -1.55. The summed E-state index contributed by atoms with van der Waals surface area (Å²) in [6.45, 7) is 0. The number of hydrogen-bond acceptors (Lipinski definition) is 3. The molecule has 0 atom stereocenters. The number of halogens is 1. The number of carbonyl (C=O) groups excluding carboxylic acids is 2. The van der Waals surface area contributed by atoms with Gasteiger partial charge in [-0.3, -0.25) is 9.59 Å². The van der Waals surface area contributed by atoms with Crippen molar-refractivity contribution in [2.75, 3.05) is 10.6 Å². The van der Waals surface area contributed by atoms with Crippen LogP contribution in [0.1, 0.15) is 44.9 Å². The first-order valence-electron chi connectivity index (χ1n) is 7.42. The minimum atomic E-state index is -0.139. The van der Waals surface area contributed by atoms with Crippen LogP contribution in [0.5, 0.6) is 0 Å². The van der Waals surface area contributed by atoms with Gasteiger partial charge in [0.25, 0.3) is 0 Å². The van der Waals surface area contributed by atoms with Crippen molar-refractivity contribution in [2.24, 2.45) is 5.41 Å². The molecule has 1 saturated carbocycles. The van der Waals surface area contributed by atoms with Gasteiger partial charge in [-0.05, 0) is 36.5 Å². The highest BCUT2D eigenvalue weighted by atomic mass is 35.5. The number of hydrogen-bond donors (Lipinski definition) is 1. The Morgan fingerprint density at radius 1 is 1.05 bits per heavy atom. The van der Waals surface area contributed by atoms with Crippen molar-refractivity contribution in [3.63, 3.8) is 0 Å². The fraction of sp³-hybridized carbons (Fsp3) is 0.500. The number of piperidine rings is 1. The minimum absolute atomic E-state index is 0.108. The molecule has 2 fully saturated rings. The molecule has 1 spiro atoms. The maximum absolute atomic E-state index is 12.5. The van der Waals surface area contributed by atoms with Gasteiger partial charge in [-0.15, -0.1) is 0 Å². The van der Waals surface area contributed by atoms with E-state index in [1.54, 1.807) is 18.2 Å². The molecule has 0 unspecified atom stereocenters. The molecule has 1 aromatic rings. The Morgan fingerprint density at radius 2 is 1.67 bits per heavy atom. The van der Waals surface area contributed by atoms with Crippen LogP contribution in [0.3, 0.4) is 0 Å². The number of rotatable bonds is 1. The molecular formula is C16H19ClN2O2. The average Bonchev–Trinajstić information content (AvgIpc) is 2.41. The first-order valence-corrected chi connectivity index (χ1v) is 7.79. The lowest BCUT2D eigenvalue weighted by Crippen LogP contribution is -2.48. The highest BCUT2D eigenvalue weighted by Gasteiger charge is 2.44. The van der Waals surface area contributed by atoms with E-state index in [0.29, 0.717) is 29.2 Å². The van der Waals surface area contributed by atoms with Gasteiger partial charge in [-0.2, -0.15) is 0 Å². The first kappa shape index (κ1) is 14.4. The summed E-state index contributed by atoms with van der Waals surface area (Å²) in [6, 6.07) is 4.88. The van der Waals surface area contributed by atoms with Gasteiger partial charge in [-0.25, -0.2) is 4.90 Å². The van der Waals surface area contributed by atoms with Crippen molar-refractivity contribution in [3.05, 3.63) is 23.2 Å². The lowest BCUT2D eigenvalue weighted by molar-refractivity contribution is -0.134. The molecule has 2 aliphatic rings. The van der Waals surface area contributed by atoms with E-state index < -0.39 is 0 Å².